The summed E-state index contributed by atoms with van der Waals surface area (Å²) in [6.07, 6.45) is 22.9. The summed E-state index contributed by atoms with van der Waals surface area (Å²) in [6, 6.07) is 4.26. The van der Waals surface area contributed by atoms with Gasteiger partial charge in [-0.1, -0.05) is 92.2 Å². The van der Waals surface area contributed by atoms with Crippen LogP contribution < -0.4 is 4.72 Å². The van der Waals surface area contributed by atoms with Crippen LogP contribution in [0.15, 0.2) is 23.1 Å². The Labute approximate surface area is 297 Å². The van der Waals surface area contributed by atoms with Crippen LogP contribution in [-0.2, 0) is 4.79 Å². The van der Waals surface area contributed by atoms with Crippen molar-refractivity contribution >= 4 is 29.5 Å². The molecule has 3 nitrogen and oxygen atoms in total. The third-order valence-electron chi connectivity index (χ3n) is 13.9. The summed E-state index contributed by atoms with van der Waals surface area (Å²) in [5.41, 5.74) is 1.73. The van der Waals surface area contributed by atoms with Gasteiger partial charge in [-0.15, -0.1) is 0 Å². The molecule has 6 heteroatoms. The van der Waals surface area contributed by atoms with Crippen molar-refractivity contribution in [2.24, 2.45) is 51.8 Å². The fourth-order valence-corrected chi connectivity index (χ4v) is 11.7. The molecule has 1 aromatic rings. The highest BCUT2D eigenvalue weighted by Gasteiger charge is 2.59. The number of carbonyl (C=O) groups excluding carboxylic acids is 1. The topological polar surface area (TPSA) is 49.3 Å². The van der Waals surface area contributed by atoms with E-state index in [1.165, 1.54) is 120 Å². The minimum atomic E-state index is -0.362. The zero-order chi connectivity index (χ0) is 34.8. The van der Waals surface area contributed by atoms with E-state index >= 15 is 0 Å². The van der Waals surface area contributed by atoms with Crippen LogP contribution in [0.25, 0.3) is 0 Å². The van der Waals surface area contributed by atoms with Crippen molar-refractivity contribution in [2.45, 2.75) is 163 Å². The van der Waals surface area contributed by atoms with Crippen LogP contribution in [-0.4, -0.2) is 18.1 Å². The third-order valence-corrected chi connectivity index (χ3v) is 15.3. The summed E-state index contributed by atoms with van der Waals surface area (Å²) in [5, 5.41) is 7.34. The van der Waals surface area contributed by atoms with Crippen LogP contribution in [0, 0.1) is 57.6 Å². The molecule has 0 saturated heterocycles. The standard InChI is InChI=1S/C29H41ClFNOS.C9H18.C2H6.CH4O/c1-28-16-4-3-6-19(28)9-12-22-23-13-10-20(29(23,2)17-15-24(22)28)7-5-8-27(33)32-34-26-14-11-21(31)18-25(26)30;1-8-6-4-5-7-9(8,2)3;2*1-2/h11,14,18-20,22-24H,3-10,12-13,15-17H2,1-2H3,(H,32,33);8H,4-7H2,1-3H3;1-2H3;2H,1H3. The van der Waals surface area contributed by atoms with Gasteiger partial charge in [0.15, 0.2) is 0 Å². The van der Waals surface area contributed by atoms with Crippen LogP contribution in [0.4, 0.5) is 4.39 Å². The van der Waals surface area contributed by atoms with Gasteiger partial charge in [0.25, 0.3) is 0 Å². The lowest BCUT2D eigenvalue weighted by Crippen LogP contribution is -2.52. The molecule has 0 bridgehead atoms. The number of carbonyl (C=O) groups is 1. The molecule has 6 rings (SSSR count). The highest BCUT2D eigenvalue weighted by Crippen LogP contribution is 2.67. The van der Waals surface area contributed by atoms with E-state index in [1.54, 1.807) is 6.07 Å². The van der Waals surface area contributed by atoms with E-state index in [0.717, 1.165) is 49.0 Å². The third kappa shape index (κ3) is 9.72. The van der Waals surface area contributed by atoms with Crippen LogP contribution in [0.2, 0.25) is 5.02 Å². The lowest BCUT2D eigenvalue weighted by atomic mass is 9.45. The number of rotatable bonds is 6. The minimum absolute atomic E-state index is 0.0392. The fraction of sp³-hybridized carbons (Fsp3) is 0.829. The first-order valence-electron chi connectivity index (χ1n) is 19.3. The normalized spacial score (nSPS) is 35.1. The SMILES string of the molecule is CC.CC12CCCCC1CCC1C2CCC2(C)C(CCCC(=O)NSc3ccc(F)cc3Cl)CCC12.CC1CCCCC1(C)C.CO. The van der Waals surface area contributed by atoms with E-state index in [2.05, 4.69) is 39.3 Å². The molecule has 5 aliphatic rings. The zero-order valence-electron chi connectivity index (χ0n) is 31.2. The Kier molecular flexibility index (Phi) is 16.0. The molecule has 0 radical (unpaired) electrons. The summed E-state index contributed by atoms with van der Waals surface area (Å²) >= 11 is 7.25. The molecule has 8 atom stereocenters. The van der Waals surface area contributed by atoms with E-state index in [0.29, 0.717) is 32.6 Å². The molecule has 8 unspecified atom stereocenters. The van der Waals surface area contributed by atoms with Crippen molar-refractivity contribution < 1.29 is 14.3 Å². The van der Waals surface area contributed by atoms with Gasteiger partial charge in [0.05, 0.1) is 5.02 Å². The predicted molar refractivity (Wildman–Crippen MR) is 200 cm³/mol. The number of aliphatic hydroxyl groups excluding tert-OH is 1. The Hall–Kier alpha value is -0.780. The maximum absolute atomic E-state index is 13.2. The highest BCUT2D eigenvalue weighted by molar-refractivity contribution is 7.98. The lowest BCUT2D eigenvalue weighted by Gasteiger charge is -2.60. The van der Waals surface area contributed by atoms with E-state index in [9.17, 15) is 9.18 Å². The summed E-state index contributed by atoms with van der Waals surface area (Å²) in [4.78, 5) is 13.1. The van der Waals surface area contributed by atoms with Crippen molar-refractivity contribution in [3.05, 3.63) is 29.0 Å². The summed E-state index contributed by atoms with van der Waals surface area (Å²) < 4.78 is 16.1. The minimum Gasteiger partial charge on any atom is -0.400 e. The van der Waals surface area contributed by atoms with Crippen molar-refractivity contribution in [1.82, 2.24) is 4.72 Å². The Morgan fingerprint density at radius 2 is 1.57 bits per heavy atom. The molecular weight excluding hydrogens is 625 g/mol. The molecule has 1 aromatic carbocycles. The average Bonchev–Trinajstić information content (AvgIpc) is 3.40. The quantitative estimate of drug-likeness (QED) is 0.292. The Bertz CT molecular complexity index is 1110. The molecule has 5 saturated carbocycles. The maximum atomic E-state index is 13.2. The molecule has 0 aromatic heterocycles. The molecule has 47 heavy (non-hydrogen) atoms. The van der Waals surface area contributed by atoms with Crippen LogP contribution in [0.3, 0.4) is 0 Å². The molecule has 1 amide bonds. The van der Waals surface area contributed by atoms with Crippen molar-refractivity contribution in [3.63, 3.8) is 0 Å². The summed E-state index contributed by atoms with van der Waals surface area (Å²) in [5.74, 6) is 5.20. The molecule has 5 fully saturated rings. The highest BCUT2D eigenvalue weighted by atomic mass is 35.5. The largest absolute Gasteiger partial charge is 0.400 e. The van der Waals surface area contributed by atoms with E-state index in [1.807, 2.05) is 13.8 Å². The van der Waals surface area contributed by atoms with Crippen molar-refractivity contribution in [3.8, 4) is 0 Å². The predicted octanol–water partition coefficient (Wildman–Crippen LogP) is 12.7. The monoisotopic (exact) mass is 693 g/mol. The molecular formula is C41H69ClFNO2S. The first-order valence-corrected chi connectivity index (χ1v) is 20.5. The maximum Gasteiger partial charge on any atom is 0.230 e. The number of amides is 1. The average molecular weight is 695 g/mol. The molecule has 270 valence electrons. The number of benzene rings is 1. The molecule has 0 heterocycles. The smallest absolute Gasteiger partial charge is 0.230 e. The van der Waals surface area contributed by atoms with Crippen LogP contribution >= 0.6 is 23.5 Å². The first-order chi connectivity index (χ1) is 22.4. The van der Waals surface area contributed by atoms with Gasteiger partial charge in [0.1, 0.15) is 5.82 Å². The van der Waals surface area contributed by atoms with Crippen molar-refractivity contribution in [2.75, 3.05) is 7.11 Å². The van der Waals surface area contributed by atoms with Gasteiger partial charge in [-0.25, -0.2) is 4.39 Å². The zero-order valence-corrected chi connectivity index (χ0v) is 32.8. The Morgan fingerprint density at radius 1 is 0.894 bits per heavy atom. The first kappa shape index (κ1) is 40.6. The van der Waals surface area contributed by atoms with Gasteiger partial charge in [-0.2, -0.15) is 0 Å². The number of hydrogen-bond donors (Lipinski definition) is 2. The van der Waals surface area contributed by atoms with E-state index in [-0.39, 0.29) is 11.7 Å². The number of aliphatic hydroxyl groups is 1. The summed E-state index contributed by atoms with van der Waals surface area (Å²) in [7, 11) is 1.00. The number of halogens is 2. The van der Waals surface area contributed by atoms with E-state index < -0.39 is 0 Å². The molecule has 2 N–H and O–H groups in total. The molecule has 5 aliphatic carbocycles. The van der Waals surface area contributed by atoms with Gasteiger partial charge in [-0.05, 0) is 153 Å². The van der Waals surface area contributed by atoms with Crippen LogP contribution in [0.5, 0.6) is 0 Å². The van der Waals surface area contributed by atoms with Crippen LogP contribution in [0.1, 0.15) is 158 Å². The second kappa shape index (κ2) is 18.5. The van der Waals surface area contributed by atoms with Gasteiger partial charge < -0.3 is 5.11 Å². The van der Waals surface area contributed by atoms with Gasteiger partial charge >= 0.3 is 0 Å². The van der Waals surface area contributed by atoms with Gasteiger partial charge in [0, 0.05) is 18.4 Å². The number of fused-ring (bicyclic) bond motifs is 5. The Balaban J connectivity index is 0.000000393. The van der Waals surface area contributed by atoms with Gasteiger partial charge in [0.2, 0.25) is 5.91 Å². The molecule has 0 spiro atoms. The fourth-order valence-electron chi connectivity index (χ4n) is 10.8. The number of hydrogen-bond acceptors (Lipinski definition) is 3. The summed E-state index contributed by atoms with van der Waals surface area (Å²) in [6.45, 7) is 16.5. The lowest BCUT2D eigenvalue weighted by molar-refractivity contribution is -0.119. The van der Waals surface area contributed by atoms with Gasteiger partial charge in [-0.3, -0.25) is 9.52 Å². The Morgan fingerprint density at radius 3 is 2.23 bits per heavy atom. The number of nitrogens with one attached hydrogen (secondary N) is 1. The second-order valence-corrected chi connectivity index (χ2v) is 17.7. The van der Waals surface area contributed by atoms with Crippen molar-refractivity contribution in [1.29, 1.82) is 0 Å². The second-order valence-electron chi connectivity index (χ2n) is 16.5. The van der Waals surface area contributed by atoms with E-state index in [4.69, 9.17) is 16.7 Å². The molecule has 0 aliphatic heterocycles.